The molecule has 24 heavy (non-hydrogen) atoms. The van der Waals surface area contributed by atoms with E-state index < -0.39 is 6.09 Å². The number of nitrogens with zero attached hydrogens (tertiary/aromatic N) is 3. The lowest BCUT2D eigenvalue weighted by Crippen LogP contribution is -2.64. The standard InChI is InChI=1S/C17H22BrN3O3/c1-17(2,3)15-10(8-21(15)16(22)23)7-20-9-11-13(19-20)6-5-12(18)14(11)24-4/h5-6,9-10,15H,7-8H2,1-4H3,(H,22,23). The van der Waals surface area contributed by atoms with Crippen LogP contribution in [0.3, 0.4) is 0 Å². The molecule has 0 bridgehead atoms. The van der Waals surface area contributed by atoms with Gasteiger partial charge in [0, 0.05) is 31.2 Å². The van der Waals surface area contributed by atoms with Gasteiger partial charge in [-0.05, 0) is 33.5 Å². The van der Waals surface area contributed by atoms with E-state index in [9.17, 15) is 9.90 Å². The fraction of sp³-hybridized carbons (Fsp3) is 0.529. The van der Waals surface area contributed by atoms with Crippen molar-refractivity contribution >= 4 is 32.9 Å². The van der Waals surface area contributed by atoms with Crippen LogP contribution in [0, 0.1) is 11.3 Å². The van der Waals surface area contributed by atoms with Crippen molar-refractivity contribution in [2.75, 3.05) is 13.7 Å². The molecule has 1 amide bonds. The highest BCUT2D eigenvalue weighted by Gasteiger charge is 2.48. The molecule has 2 aromatic rings. The minimum Gasteiger partial charge on any atom is -0.495 e. The van der Waals surface area contributed by atoms with E-state index in [0.29, 0.717) is 13.1 Å². The number of aromatic nitrogens is 2. The maximum Gasteiger partial charge on any atom is 0.407 e. The van der Waals surface area contributed by atoms with E-state index in [1.807, 2.05) is 23.0 Å². The van der Waals surface area contributed by atoms with Crippen molar-refractivity contribution in [3.05, 3.63) is 22.8 Å². The normalized spacial score (nSPS) is 21.0. The Morgan fingerprint density at radius 2 is 2.17 bits per heavy atom. The summed E-state index contributed by atoms with van der Waals surface area (Å²) < 4.78 is 8.25. The maximum absolute atomic E-state index is 11.4. The third kappa shape index (κ3) is 2.85. The first kappa shape index (κ1) is 17.1. The van der Waals surface area contributed by atoms with Gasteiger partial charge in [0.15, 0.2) is 0 Å². The van der Waals surface area contributed by atoms with E-state index in [1.165, 1.54) is 4.90 Å². The molecular formula is C17H22BrN3O3. The van der Waals surface area contributed by atoms with Crippen LogP contribution in [0.2, 0.25) is 0 Å². The number of fused-ring (bicyclic) bond motifs is 1. The smallest absolute Gasteiger partial charge is 0.407 e. The molecular weight excluding hydrogens is 374 g/mol. The van der Waals surface area contributed by atoms with Gasteiger partial charge in [-0.1, -0.05) is 20.8 Å². The molecule has 1 aliphatic heterocycles. The van der Waals surface area contributed by atoms with Crippen LogP contribution in [-0.2, 0) is 6.54 Å². The zero-order chi connectivity index (χ0) is 17.6. The molecule has 130 valence electrons. The van der Waals surface area contributed by atoms with Gasteiger partial charge in [-0.2, -0.15) is 5.10 Å². The van der Waals surface area contributed by atoms with Crippen LogP contribution in [0.5, 0.6) is 5.75 Å². The summed E-state index contributed by atoms with van der Waals surface area (Å²) in [6, 6.07) is 3.87. The van der Waals surface area contributed by atoms with Gasteiger partial charge >= 0.3 is 6.09 Å². The number of halogens is 1. The van der Waals surface area contributed by atoms with E-state index in [1.54, 1.807) is 7.11 Å². The molecule has 0 aliphatic carbocycles. The quantitative estimate of drug-likeness (QED) is 0.856. The second kappa shape index (κ2) is 5.95. The van der Waals surface area contributed by atoms with E-state index in [4.69, 9.17) is 4.74 Å². The second-order valence-electron chi connectivity index (χ2n) is 7.37. The van der Waals surface area contributed by atoms with Gasteiger partial charge in [0.1, 0.15) is 5.75 Å². The molecule has 1 aromatic heterocycles. The summed E-state index contributed by atoms with van der Waals surface area (Å²) in [6.45, 7) is 7.49. The molecule has 1 fully saturated rings. The summed E-state index contributed by atoms with van der Waals surface area (Å²) >= 11 is 3.49. The van der Waals surface area contributed by atoms with Gasteiger partial charge in [-0.15, -0.1) is 0 Å². The van der Waals surface area contributed by atoms with Gasteiger partial charge in [0.25, 0.3) is 0 Å². The topological polar surface area (TPSA) is 67.6 Å². The number of carboxylic acid groups (broad SMARTS) is 1. The zero-order valence-electron chi connectivity index (χ0n) is 14.3. The number of carbonyl (C=O) groups is 1. The third-order valence-corrected chi connectivity index (χ3v) is 5.24. The first-order chi connectivity index (χ1) is 11.2. The summed E-state index contributed by atoms with van der Waals surface area (Å²) in [6.07, 6.45) is 1.13. The average molecular weight is 396 g/mol. The molecule has 0 radical (unpaired) electrons. The first-order valence-corrected chi connectivity index (χ1v) is 8.71. The van der Waals surface area contributed by atoms with E-state index >= 15 is 0 Å². The summed E-state index contributed by atoms with van der Waals surface area (Å²) in [5, 5.41) is 14.9. The van der Waals surface area contributed by atoms with E-state index in [2.05, 4.69) is 41.8 Å². The molecule has 0 spiro atoms. The van der Waals surface area contributed by atoms with Crippen LogP contribution in [-0.4, -0.2) is 45.6 Å². The van der Waals surface area contributed by atoms with Crippen molar-refractivity contribution in [2.45, 2.75) is 33.4 Å². The molecule has 2 unspecified atom stereocenters. The lowest BCUT2D eigenvalue weighted by molar-refractivity contribution is -0.0424. The Bertz CT molecular complexity index is 781. The monoisotopic (exact) mass is 395 g/mol. The SMILES string of the molecule is COc1c(Br)ccc2nn(CC3CN(C(=O)O)C3C(C)(C)C)cc12. The summed E-state index contributed by atoms with van der Waals surface area (Å²) in [7, 11) is 1.64. The number of likely N-dealkylation sites (tertiary alicyclic amines) is 1. The second-order valence-corrected chi connectivity index (χ2v) is 8.22. The molecule has 1 saturated heterocycles. The molecule has 1 aliphatic rings. The van der Waals surface area contributed by atoms with Crippen molar-refractivity contribution < 1.29 is 14.6 Å². The van der Waals surface area contributed by atoms with Crippen LogP contribution in [0.25, 0.3) is 10.9 Å². The van der Waals surface area contributed by atoms with Gasteiger partial charge in [0.2, 0.25) is 0 Å². The predicted molar refractivity (Wildman–Crippen MR) is 95.4 cm³/mol. The molecule has 0 saturated carbocycles. The van der Waals surface area contributed by atoms with Crippen LogP contribution in [0.4, 0.5) is 4.79 Å². The van der Waals surface area contributed by atoms with Gasteiger partial charge in [-0.25, -0.2) is 4.79 Å². The molecule has 2 atom stereocenters. The minimum absolute atomic E-state index is 0.00376. The highest BCUT2D eigenvalue weighted by Crippen LogP contribution is 2.39. The lowest BCUT2D eigenvalue weighted by atomic mass is 9.72. The first-order valence-electron chi connectivity index (χ1n) is 7.91. The fourth-order valence-electron chi connectivity index (χ4n) is 3.74. The molecule has 3 rings (SSSR count). The van der Waals surface area contributed by atoms with Crippen LogP contribution < -0.4 is 4.74 Å². The molecule has 2 heterocycles. The Hall–Kier alpha value is -1.76. The van der Waals surface area contributed by atoms with Crippen molar-refractivity contribution in [3.63, 3.8) is 0 Å². The zero-order valence-corrected chi connectivity index (χ0v) is 15.9. The van der Waals surface area contributed by atoms with Crippen molar-refractivity contribution in [1.82, 2.24) is 14.7 Å². The largest absolute Gasteiger partial charge is 0.495 e. The Balaban J connectivity index is 1.86. The Kier molecular flexibility index (Phi) is 4.23. The maximum atomic E-state index is 11.4. The van der Waals surface area contributed by atoms with E-state index in [0.717, 1.165) is 21.1 Å². The van der Waals surface area contributed by atoms with Crippen LogP contribution >= 0.6 is 15.9 Å². The number of benzene rings is 1. The van der Waals surface area contributed by atoms with Crippen molar-refractivity contribution in [3.8, 4) is 5.75 Å². The van der Waals surface area contributed by atoms with Gasteiger partial charge < -0.3 is 14.7 Å². The fourth-order valence-corrected chi connectivity index (χ4v) is 4.25. The number of amides is 1. The highest BCUT2D eigenvalue weighted by molar-refractivity contribution is 9.10. The Labute approximate surface area is 149 Å². The Morgan fingerprint density at radius 1 is 1.46 bits per heavy atom. The predicted octanol–water partition coefficient (Wildman–Crippen LogP) is 3.83. The number of methoxy groups -OCH3 is 1. The molecule has 7 heteroatoms. The van der Waals surface area contributed by atoms with Crippen LogP contribution in [0.1, 0.15) is 20.8 Å². The van der Waals surface area contributed by atoms with Crippen LogP contribution in [0.15, 0.2) is 22.8 Å². The lowest BCUT2D eigenvalue weighted by Gasteiger charge is -2.52. The Morgan fingerprint density at radius 3 is 2.75 bits per heavy atom. The summed E-state index contributed by atoms with van der Waals surface area (Å²) in [4.78, 5) is 12.9. The van der Waals surface area contributed by atoms with Crippen molar-refractivity contribution in [2.24, 2.45) is 11.3 Å². The summed E-state index contributed by atoms with van der Waals surface area (Å²) in [5.41, 5.74) is 0.769. The minimum atomic E-state index is -0.845. The molecule has 1 N–H and O–H groups in total. The van der Waals surface area contributed by atoms with E-state index in [-0.39, 0.29) is 17.4 Å². The summed E-state index contributed by atoms with van der Waals surface area (Å²) in [5.74, 6) is 1.02. The number of ether oxygens (including phenoxy) is 1. The van der Waals surface area contributed by atoms with Gasteiger partial charge in [0.05, 0.1) is 22.5 Å². The number of hydrogen-bond acceptors (Lipinski definition) is 3. The van der Waals surface area contributed by atoms with Gasteiger partial charge in [-0.3, -0.25) is 4.68 Å². The number of rotatable bonds is 3. The molecule has 1 aromatic carbocycles. The average Bonchev–Trinajstić information content (AvgIpc) is 2.83. The molecule has 6 nitrogen and oxygen atoms in total. The highest BCUT2D eigenvalue weighted by atomic mass is 79.9. The number of hydrogen-bond donors (Lipinski definition) is 1. The van der Waals surface area contributed by atoms with Crippen molar-refractivity contribution in [1.29, 1.82) is 0 Å². The third-order valence-electron chi connectivity index (χ3n) is 4.61.